The fourth-order valence-electron chi connectivity index (χ4n) is 1.81. The maximum atomic E-state index is 11.7. The molecular formula is C13H12BrN3O3. The average Bonchev–Trinajstić information content (AvgIpc) is 2.37. The number of primary amides is 1. The van der Waals surface area contributed by atoms with Gasteiger partial charge in [-0.3, -0.25) is 19.1 Å². The van der Waals surface area contributed by atoms with Crippen molar-refractivity contribution in [2.75, 3.05) is 0 Å². The third-order valence-electron chi connectivity index (χ3n) is 2.94. The highest BCUT2D eigenvalue weighted by atomic mass is 79.9. The van der Waals surface area contributed by atoms with E-state index in [2.05, 4.69) is 20.9 Å². The van der Waals surface area contributed by atoms with Crippen LogP contribution in [0, 0.1) is 6.92 Å². The predicted molar refractivity (Wildman–Crippen MR) is 77.8 cm³/mol. The third kappa shape index (κ3) is 2.88. The molecule has 0 radical (unpaired) electrons. The number of nitrogens with two attached hydrogens (primary N) is 1. The van der Waals surface area contributed by atoms with Crippen LogP contribution >= 0.6 is 15.9 Å². The van der Waals surface area contributed by atoms with E-state index in [9.17, 15) is 14.4 Å². The lowest BCUT2D eigenvalue weighted by atomic mass is 10.0. The fraction of sp³-hybridized carbons (Fsp3) is 0.154. The quantitative estimate of drug-likeness (QED) is 0.864. The van der Waals surface area contributed by atoms with E-state index in [0.29, 0.717) is 12.1 Å². The first-order valence-corrected chi connectivity index (χ1v) is 6.56. The smallest absolute Gasteiger partial charge is 0.328 e. The zero-order valence-corrected chi connectivity index (χ0v) is 12.2. The molecule has 0 unspecified atom stereocenters. The molecule has 0 saturated carbocycles. The van der Waals surface area contributed by atoms with Crippen molar-refractivity contribution in [2.24, 2.45) is 5.73 Å². The minimum Gasteiger partial charge on any atom is -0.366 e. The molecule has 1 aromatic heterocycles. The van der Waals surface area contributed by atoms with E-state index in [-0.39, 0.29) is 4.47 Å². The highest BCUT2D eigenvalue weighted by Gasteiger charge is 2.07. The van der Waals surface area contributed by atoms with E-state index in [1.165, 1.54) is 10.8 Å². The van der Waals surface area contributed by atoms with Crippen molar-refractivity contribution in [3.63, 3.8) is 0 Å². The Kier molecular flexibility index (Phi) is 3.89. The number of rotatable bonds is 3. The van der Waals surface area contributed by atoms with Crippen LogP contribution in [0.2, 0.25) is 0 Å². The third-order valence-corrected chi connectivity index (χ3v) is 3.50. The summed E-state index contributed by atoms with van der Waals surface area (Å²) in [6.45, 7) is 2.12. The van der Waals surface area contributed by atoms with E-state index in [1.807, 2.05) is 6.92 Å². The van der Waals surface area contributed by atoms with E-state index in [4.69, 9.17) is 5.73 Å². The van der Waals surface area contributed by atoms with Gasteiger partial charge >= 0.3 is 5.69 Å². The molecule has 0 fully saturated rings. The number of H-pyrrole nitrogens is 1. The molecule has 0 aliphatic rings. The van der Waals surface area contributed by atoms with Gasteiger partial charge in [0.15, 0.2) is 0 Å². The Balaban J connectivity index is 2.40. The number of nitrogens with one attached hydrogen (secondary N) is 1. The van der Waals surface area contributed by atoms with Crippen LogP contribution in [0.5, 0.6) is 0 Å². The molecule has 3 N–H and O–H groups in total. The molecule has 1 aromatic carbocycles. The molecular weight excluding hydrogens is 326 g/mol. The van der Waals surface area contributed by atoms with Gasteiger partial charge in [-0.2, -0.15) is 0 Å². The summed E-state index contributed by atoms with van der Waals surface area (Å²) >= 11 is 3.08. The van der Waals surface area contributed by atoms with Crippen LogP contribution in [-0.2, 0) is 6.54 Å². The molecule has 7 heteroatoms. The van der Waals surface area contributed by atoms with E-state index in [1.54, 1.807) is 18.2 Å². The van der Waals surface area contributed by atoms with Crippen molar-refractivity contribution in [1.82, 2.24) is 9.55 Å². The summed E-state index contributed by atoms with van der Waals surface area (Å²) in [5, 5.41) is 0. The monoisotopic (exact) mass is 337 g/mol. The molecule has 0 bridgehead atoms. The predicted octanol–water partition coefficient (Wildman–Crippen LogP) is 0.755. The van der Waals surface area contributed by atoms with Crippen molar-refractivity contribution in [3.05, 3.63) is 66.4 Å². The number of aryl methyl sites for hydroxylation is 1. The first kappa shape index (κ1) is 14.3. The minimum atomic E-state index is -0.497. The standard InChI is InChI=1S/C13H12BrN3O3/c1-7-4-8(11(15)18)2-3-9(7)5-17-6-10(14)12(19)16-13(17)20/h2-4,6H,5H2,1H3,(H2,15,18)(H,16,19,20). The van der Waals surface area contributed by atoms with Gasteiger partial charge in [0, 0.05) is 11.8 Å². The average molecular weight is 338 g/mol. The molecule has 20 heavy (non-hydrogen) atoms. The summed E-state index contributed by atoms with van der Waals surface area (Å²) in [5.41, 5.74) is 6.37. The minimum absolute atomic E-state index is 0.281. The van der Waals surface area contributed by atoms with Gasteiger partial charge in [0.05, 0.1) is 11.0 Å². The molecule has 2 rings (SSSR count). The van der Waals surface area contributed by atoms with Crippen molar-refractivity contribution < 1.29 is 4.79 Å². The van der Waals surface area contributed by atoms with E-state index in [0.717, 1.165) is 11.1 Å². The Morgan fingerprint density at radius 3 is 2.70 bits per heavy atom. The first-order valence-electron chi connectivity index (χ1n) is 5.77. The Morgan fingerprint density at radius 1 is 1.40 bits per heavy atom. The highest BCUT2D eigenvalue weighted by molar-refractivity contribution is 9.10. The van der Waals surface area contributed by atoms with Gasteiger partial charge in [-0.05, 0) is 46.1 Å². The number of benzene rings is 1. The Morgan fingerprint density at radius 2 is 2.10 bits per heavy atom. The summed E-state index contributed by atoms with van der Waals surface area (Å²) in [7, 11) is 0. The Bertz CT molecular complexity index is 792. The van der Waals surface area contributed by atoms with Crippen molar-refractivity contribution >= 4 is 21.8 Å². The number of carbonyl (C=O) groups is 1. The molecule has 1 heterocycles. The van der Waals surface area contributed by atoms with Crippen molar-refractivity contribution in [2.45, 2.75) is 13.5 Å². The lowest BCUT2D eigenvalue weighted by molar-refractivity contribution is 0.1000. The number of carbonyl (C=O) groups excluding carboxylic acids is 1. The second kappa shape index (κ2) is 5.46. The summed E-state index contributed by atoms with van der Waals surface area (Å²) in [6, 6.07) is 5.01. The molecule has 104 valence electrons. The fourth-order valence-corrected chi connectivity index (χ4v) is 2.16. The highest BCUT2D eigenvalue weighted by Crippen LogP contribution is 2.12. The van der Waals surface area contributed by atoms with Gasteiger partial charge in [0.1, 0.15) is 0 Å². The lowest BCUT2D eigenvalue weighted by Crippen LogP contribution is -2.30. The van der Waals surface area contributed by atoms with Gasteiger partial charge < -0.3 is 5.73 Å². The summed E-state index contributed by atoms with van der Waals surface area (Å²) in [6.07, 6.45) is 1.43. The van der Waals surface area contributed by atoms with E-state index < -0.39 is 17.2 Å². The number of amides is 1. The van der Waals surface area contributed by atoms with Crippen molar-refractivity contribution in [3.8, 4) is 0 Å². The number of hydrogen-bond donors (Lipinski definition) is 2. The Labute approximate surface area is 122 Å². The zero-order chi connectivity index (χ0) is 14.9. The number of halogens is 1. The second-order valence-corrected chi connectivity index (χ2v) is 5.22. The van der Waals surface area contributed by atoms with Crippen LogP contribution in [0.3, 0.4) is 0 Å². The first-order chi connectivity index (χ1) is 9.38. The van der Waals surface area contributed by atoms with Gasteiger partial charge in [0.25, 0.3) is 5.56 Å². The summed E-state index contributed by atoms with van der Waals surface area (Å²) < 4.78 is 1.65. The normalized spacial score (nSPS) is 10.5. The molecule has 0 aliphatic carbocycles. The van der Waals surface area contributed by atoms with Crippen LogP contribution in [0.1, 0.15) is 21.5 Å². The van der Waals surface area contributed by atoms with Gasteiger partial charge in [-0.25, -0.2) is 4.79 Å². The maximum absolute atomic E-state index is 11.7. The van der Waals surface area contributed by atoms with Crippen LogP contribution in [0.25, 0.3) is 0 Å². The lowest BCUT2D eigenvalue weighted by Gasteiger charge is -2.09. The Hall–Kier alpha value is -2.15. The second-order valence-electron chi connectivity index (χ2n) is 4.37. The number of hydrogen-bond acceptors (Lipinski definition) is 3. The molecule has 6 nitrogen and oxygen atoms in total. The van der Waals surface area contributed by atoms with Crippen LogP contribution in [0.4, 0.5) is 0 Å². The van der Waals surface area contributed by atoms with E-state index >= 15 is 0 Å². The molecule has 0 aliphatic heterocycles. The van der Waals surface area contributed by atoms with Crippen LogP contribution in [0.15, 0.2) is 38.5 Å². The molecule has 2 aromatic rings. The molecule has 0 saturated heterocycles. The number of nitrogens with zero attached hydrogens (tertiary/aromatic N) is 1. The topological polar surface area (TPSA) is 97.9 Å². The van der Waals surface area contributed by atoms with Crippen LogP contribution in [-0.4, -0.2) is 15.5 Å². The molecule has 0 atom stereocenters. The summed E-state index contributed by atoms with van der Waals surface area (Å²) in [4.78, 5) is 36.2. The molecule has 0 spiro atoms. The van der Waals surface area contributed by atoms with Gasteiger partial charge in [-0.15, -0.1) is 0 Å². The number of aromatic nitrogens is 2. The summed E-state index contributed by atoms with van der Waals surface area (Å²) in [5.74, 6) is -0.497. The molecule has 1 amide bonds. The zero-order valence-electron chi connectivity index (χ0n) is 10.6. The van der Waals surface area contributed by atoms with Crippen LogP contribution < -0.4 is 17.0 Å². The number of aromatic amines is 1. The van der Waals surface area contributed by atoms with Gasteiger partial charge in [0.2, 0.25) is 5.91 Å². The SMILES string of the molecule is Cc1cc(C(N)=O)ccc1Cn1cc(Br)c(=O)[nH]c1=O. The largest absolute Gasteiger partial charge is 0.366 e. The van der Waals surface area contributed by atoms with Gasteiger partial charge in [-0.1, -0.05) is 6.07 Å². The maximum Gasteiger partial charge on any atom is 0.328 e. The van der Waals surface area contributed by atoms with Crippen molar-refractivity contribution in [1.29, 1.82) is 0 Å².